The van der Waals surface area contributed by atoms with Gasteiger partial charge in [0, 0.05) is 36.9 Å². The first kappa shape index (κ1) is 14.8. The van der Waals surface area contributed by atoms with E-state index in [-0.39, 0.29) is 6.03 Å². The third-order valence-electron chi connectivity index (χ3n) is 4.43. The highest BCUT2D eigenvalue weighted by Crippen LogP contribution is 2.28. The Morgan fingerprint density at radius 2 is 1.90 bits per heavy atom. The summed E-state index contributed by atoms with van der Waals surface area (Å²) in [5, 5.41) is 5.54. The summed E-state index contributed by atoms with van der Waals surface area (Å²) in [5.41, 5.74) is 0. The highest BCUT2D eigenvalue weighted by molar-refractivity contribution is 7.13. The summed E-state index contributed by atoms with van der Waals surface area (Å²) in [6.45, 7) is 1.52. The van der Waals surface area contributed by atoms with E-state index in [1.807, 2.05) is 5.38 Å². The first-order valence-electron chi connectivity index (χ1n) is 7.91. The molecule has 2 fully saturated rings. The van der Waals surface area contributed by atoms with Crippen molar-refractivity contribution in [2.24, 2.45) is 0 Å². The van der Waals surface area contributed by atoms with Crippen LogP contribution in [0.3, 0.4) is 0 Å². The molecule has 0 unspecified atom stereocenters. The van der Waals surface area contributed by atoms with Crippen molar-refractivity contribution >= 4 is 22.5 Å². The number of nitrogens with one attached hydrogen (secondary N) is 1. The highest BCUT2D eigenvalue weighted by atomic mass is 32.1. The molecule has 5 nitrogen and oxygen atoms in total. The van der Waals surface area contributed by atoms with Crippen LogP contribution in [0.5, 0.6) is 0 Å². The molecule has 0 spiro atoms. The van der Waals surface area contributed by atoms with Gasteiger partial charge >= 0.3 is 6.03 Å². The smallest absolute Gasteiger partial charge is 0.324 e. The van der Waals surface area contributed by atoms with Crippen LogP contribution in [0.25, 0.3) is 0 Å². The number of carbonyl (C=O) groups is 1. The van der Waals surface area contributed by atoms with Gasteiger partial charge in [0.1, 0.15) is 0 Å². The molecular weight excluding hydrogens is 286 g/mol. The maximum absolute atomic E-state index is 12.7. The number of ether oxygens (including phenoxy) is 1. The summed E-state index contributed by atoms with van der Waals surface area (Å²) >= 11 is 1.47. The van der Waals surface area contributed by atoms with E-state index < -0.39 is 0 Å². The lowest BCUT2D eigenvalue weighted by molar-refractivity contribution is 0.0302. The van der Waals surface area contributed by atoms with Crippen molar-refractivity contribution < 1.29 is 9.53 Å². The summed E-state index contributed by atoms with van der Waals surface area (Å²) in [4.78, 5) is 19.0. The number of hydrogen-bond acceptors (Lipinski definition) is 4. The van der Waals surface area contributed by atoms with E-state index in [4.69, 9.17) is 4.74 Å². The molecule has 0 aromatic carbocycles. The molecule has 6 heteroatoms. The van der Waals surface area contributed by atoms with Crippen LogP contribution < -0.4 is 5.32 Å². The zero-order valence-corrected chi connectivity index (χ0v) is 13.1. The Morgan fingerprint density at radius 1 is 1.19 bits per heavy atom. The topological polar surface area (TPSA) is 54.5 Å². The Morgan fingerprint density at radius 3 is 2.57 bits per heavy atom. The van der Waals surface area contributed by atoms with Crippen molar-refractivity contribution in [2.45, 2.75) is 57.0 Å². The molecule has 1 saturated carbocycles. The third kappa shape index (κ3) is 3.74. The quantitative estimate of drug-likeness (QED) is 0.930. The second kappa shape index (κ2) is 7.22. The van der Waals surface area contributed by atoms with E-state index in [1.165, 1.54) is 30.6 Å². The molecular formula is C15H23N3O2S. The first-order valence-corrected chi connectivity index (χ1v) is 8.79. The van der Waals surface area contributed by atoms with Crippen molar-refractivity contribution in [1.82, 2.24) is 9.88 Å². The molecule has 0 radical (unpaired) electrons. The molecule has 1 aliphatic heterocycles. The second-order valence-corrected chi connectivity index (χ2v) is 6.70. The van der Waals surface area contributed by atoms with Gasteiger partial charge in [0.15, 0.2) is 5.13 Å². The van der Waals surface area contributed by atoms with Crippen LogP contribution in [0.4, 0.5) is 9.93 Å². The summed E-state index contributed by atoms with van der Waals surface area (Å²) in [6.07, 6.45) is 9.63. The third-order valence-corrected chi connectivity index (χ3v) is 5.12. The standard InChI is InChI=1S/C15H23N3O2S/c19-15(17-14-16-8-11-21-14)18(12-4-2-1-3-5-12)13-6-9-20-10-7-13/h8,11-13H,1-7,9-10H2,(H,16,17,19). The number of urea groups is 1. The van der Waals surface area contributed by atoms with Gasteiger partial charge in [-0.05, 0) is 25.7 Å². The fraction of sp³-hybridized carbons (Fsp3) is 0.733. The lowest BCUT2D eigenvalue weighted by atomic mass is 9.92. The van der Waals surface area contributed by atoms with Crippen LogP contribution in [-0.2, 0) is 4.74 Å². The average Bonchev–Trinajstić information content (AvgIpc) is 3.02. The number of carbonyl (C=O) groups excluding carboxylic acids is 1. The van der Waals surface area contributed by atoms with Crippen LogP contribution >= 0.6 is 11.3 Å². The van der Waals surface area contributed by atoms with E-state index >= 15 is 0 Å². The van der Waals surface area contributed by atoms with E-state index in [0.29, 0.717) is 17.2 Å². The van der Waals surface area contributed by atoms with Crippen LogP contribution in [0.15, 0.2) is 11.6 Å². The maximum Gasteiger partial charge on any atom is 0.324 e. The van der Waals surface area contributed by atoms with Gasteiger partial charge < -0.3 is 9.64 Å². The van der Waals surface area contributed by atoms with Crippen molar-refractivity contribution in [2.75, 3.05) is 18.5 Å². The Bertz CT molecular complexity index is 422. The summed E-state index contributed by atoms with van der Waals surface area (Å²) in [7, 11) is 0. The SMILES string of the molecule is O=C(Nc1nccs1)N(C1CCCCC1)C1CCOCC1. The fourth-order valence-electron chi connectivity index (χ4n) is 3.39. The minimum absolute atomic E-state index is 0.0174. The van der Waals surface area contributed by atoms with Crippen LogP contribution in [0.2, 0.25) is 0 Å². The van der Waals surface area contributed by atoms with E-state index in [9.17, 15) is 4.79 Å². The number of nitrogens with zero attached hydrogens (tertiary/aromatic N) is 2. The summed E-state index contributed by atoms with van der Waals surface area (Å²) in [6, 6.07) is 0.701. The lowest BCUT2D eigenvalue weighted by Gasteiger charge is -2.41. The predicted octanol–water partition coefficient (Wildman–Crippen LogP) is 3.49. The van der Waals surface area contributed by atoms with Crippen LogP contribution in [0.1, 0.15) is 44.9 Å². The van der Waals surface area contributed by atoms with Crippen molar-refractivity contribution in [3.63, 3.8) is 0 Å². The Balaban J connectivity index is 1.71. The lowest BCUT2D eigenvalue weighted by Crippen LogP contribution is -2.51. The van der Waals surface area contributed by atoms with E-state index in [1.54, 1.807) is 6.20 Å². The number of aromatic nitrogens is 1. The molecule has 2 heterocycles. The number of rotatable bonds is 3. The van der Waals surface area contributed by atoms with Crippen LogP contribution in [0, 0.1) is 0 Å². The molecule has 1 aromatic heterocycles. The summed E-state index contributed by atoms with van der Waals surface area (Å²) < 4.78 is 5.45. The Kier molecular flexibility index (Phi) is 5.08. The van der Waals surface area contributed by atoms with Crippen LogP contribution in [-0.4, -0.2) is 41.2 Å². The highest BCUT2D eigenvalue weighted by Gasteiger charge is 2.32. The van der Waals surface area contributed by atoms with Gasteiger partial charge in [-0.1, -0.05) is 19.3 Å². The Labute approximate surface area is 129 Å². The normalized spacial score (nSPS) is 21.1. The van der Waals surface area contributed by atoms with Gasteiger partial charge in [-0.3, -0.25) is 5.32 Å². The predicted molar refractivity (Wildman–Crippen MR) is 83.7 cm³/mol. The van der Waals surface area contributed by atoms with Crippen molar-refractivity contribution in [1.29, 1.82) is 0 Å². The van der Waals surface area contributed by atoms with Gasteiger partial charge in [0.05, 0.1) is 0 Å². The minimum atomic E-state index is 0.0174. The van der Waals surface area contributed by atoms with Crippen molar-refractivity contribution in [3.8, 4) is 0 Å². The maximum atomic E-state index is 12.7. The molecule has 116 valence electrons. The second-order valence-electron chi connectivity index (χ2n) is 5.81. The molecule has 1 saturated heterocycles. The minimum Gasteiger partial charge on any atom is -0.381 e. The molecule has 1 aromatic rings. The zero-order valence-electron chi connectivity index (χ0n) is 12.3. The molecule has 0 bridgehead atoms. The molecule has 2 aliphatic rings. The number of anilines is 1. The number of thiazole rings is 1. The first-order chi connectivity index (χ1) is 10.3. The molecule has 2 amide bonds. The zero-order chi connectivity index (χ0) is 14.5. The van der Waals surface area contributed by atoms with E-state index in [0.717, 1.165) is 38.9 Å². The van der Waals surface area contributed by atoms with Gasteiger partial charge in [0.2, 0.25) is 0 Å². The molecule has 3 rings (SSSR count). The molecule has 0 atom stereocenters. The van der Waals surface area contributed by atoms with Gasteiger partial charge in [-0.15, -0.1) is 11.3 Å². The van der Waals surface area contributed by atoms with E-state index in [2.05, 4.69) is 15.2 Å². The van der Waals surface area contributed by atoms with Gasteiger partial charge in [-0.2, -0.15) is 0 Å². The fourth-order valence-corrected chi connectivity index (χ4v) is 3.91. The number of hydrogen-bond donors (Lipinski definition) is 1. The van der Waals surface area contributed by atoms with Crippen molar-refractivity contribution in [3.05, 3.63) is 11.6 Å². The summed E-state index contributed by atoms with van der Waals surface area (Å²) in [5.74, 6) is 0. The van der Waals surface area contributed by atoms with Gasteiger partial charge in [0.25, 0.3) is 0 Å². The molecule has 21 heavy (non-hydrogen) atoms. The monoisotopic (exact) mass is 309 g/mol. The van der Waals surface area contributed by atoms with Gasteiger partial charge in [-0.25, -0.2) is 9.78 Å². The molecule has 1 N–H and O–H groups in total. The largest absolute Gasteiger partial charge is 0.381 e. The number of amides is 2. The average molecular weight is 309 g/mol. The molecule has 1 aliphatic carbocycles. The Hall–Kier alpha value is -1.14.